The number of nitrogens with one attached hydrogen (secondary N) is 1. The summed E-state index contributed by atoms with van der Waals surface area (Å²) >= 11 is 0. The molecule has 1 saturated carbocycles. The second-order valence-electron chi connectivity index (χ2n) is 5.74. The maximum Gasteiger partial charge on any atom is 0.252 e. The number of amidine groups is 1. The fraction of sp³-hybridized carbons (Fsp3) is 0.500. The van der Waals surface area contributed by atoms with E-state index in [2.05, 4.69) is 22.3 Å². The van der Waals surface area contributed by atoms with Crippen molar-refractivity contribution in [1.29, 1.82) is 0 Å². The molecule has 0 unspecified atom stereocenters. The molecular formula is C16H21N3O. The highest BCUT2D eigenvalue weighted by molar-refractivity contribution is 6.01. The Bertz CT molecular complexity index is 520. The SMILES string of the molecule is CN1CCCN=C1C1(NC(=O)c2ccccc2)CCC1. The Morgan fingerprint density at radius 1 is 1.25 bits per heavy atom. The maximum atomic E-state index is 12.4. The summed E-state index contributed by atoms with van der Waals surface area (Å²) in [5, 5.41) is 3.23. The van der Waals surface area contributed by atoms with Crippen LogP contribution in [0.1, 0.15) is 36.0 Å². The van der Waals surface area contributed by atoms with E-state index >= 15 is 0 Å². The Kier molecular flexibility index (Phi) is 3.47. The van der Waals surface area contributed by atoms with Crippen molar-refractivity contribution < 1.29 is 4.79 Å². The van der Waals surface area contributed by atoms with Crippen molar-refractivity contribution in [2.24, 2.45) is 4.99 Å². The van der Waals surface area contributed by atoms with Crippen molar-refractivity contribution >= 4 is 11.7 Å². The number of aliphatic imine (C=N–C) groups is 1. The van der Waals surface area contributed by atoms with Crippen LogP contribution in [0.4, 0.5) is 0 Å². The lowest BCUT2D eigenvalue weighted by Gasteiger charge is -2.47. The molecule has 1 aliphatic heterocycles. The van der Waals surface area contributed by atoms with Gasteiger partial charge in [-0.3, -0.25) is 9.79 Å². The predicted molar refractivity (Wildman–Crippen MR) is 80.0 cm³/mol. The van der Waals surface area contributed by atoms with Gasteiger partial charge in [-0.2, -0.15) is 0 Å². The molecule has 20 heavy (non-hydrogen) atoms. The van der Waals surface area contributed by atoms with E-state index in [1.54, 1.807) is 0 Å². The average Bonchev–Trinajstić information content (AvgIpc) is 2.44. The molecule has 106 valence electrons. The highest BCUT2D eigenvalue weighted by atomic mass is 16.1. The topological polar surface area (TPSA) is 44.7 Å². The van der Waals surface area contributed by atoms with Crippen molar-refractivity contribution in [1.82, 2.24) is 10.2 Å². The van der Waals surface area contributed by atoms with E-state index < -0.39 is 0 Å². The normalized spacial score (nSPS) is 20.9. The van der Waals surface area contributed by atoms with Gasteiger partial charge in [0.25, 0.3) is 5.91 Å². The summed E-state index contributed by atoms with van der Waals surface area (Å²) in [5.74, 6) is 1.08. The highest BCUT2D eigenvalue weighted by Crippen LogP contribution is 2.35. The van der Waals surface area contributed by atoms with E-state index in [1.807, 2.05) is 30.3 Å². The minimum atomic E-state index is -0.234. The van der Waals surface area contributed by atoms with Crippen LogP contribution in [0.25, 0.3) is 0 Å². The monoisotopic (exact) mass is 271 g/mol. The lowest BCUT2D eigenvalue weighted by Crippen LogP contribution is -2.63. The smallest absolute Gasteiger partial charge is 0.252 e. The van der Waals surface area contributed by atoms with E-state index in [9.17, 15) is 4.79 Å². The average molecular weight is 271 g/mol. The van der Waals surface area contributed by atoms with Crippen LogP contribution in [0, 0.1) is 0 Å². The van der Waals surface area contributed by atoms with Crippen LogP contribution in [-0.4, -0.2) is 42.3 Å². The molecule has 1 amide bonds. The quantitative estimate of drug-likeness (QED) is 0.914. The Hall–Kier alpha value is -1.84. The molecule has 0 atom stereocenters. The van der Waals surface area contributed by atoms with Gasteiger partial charge in [0.2, 0.25) is 0 Å². The molecule has 1 aromatic carbocycles. The van der Waals surface area contributed by atoms with Crippen LogP contribution < -0.4 is 5.32 Å². The zero-order valence-electron chi connectivity index (χ0n) is 11.9. The molecule has 0 bridgehead atoms. The van der Waals surface area contributed by atoms with E-state index in [4.69, 9.17) is 0 Å². The van der Waals surface area contributed by atoms with Crippen molar-refractivity contribution in [3.05, 3.63) is 35.9 Å². The number of benzene rings is 1. The number of rotatable bonds is 3. The minimum Gasteiger partial charge on any atom is -0.361 e. The number of likely N-dealkylation sites (N-methyl/N-ethyl adjacent to an activating group) is 1. The van der Waals surface area contributed by atoms with Crippen LogP contribution in [0.5, 0.6) is 0 Å². The molecule has 1 aromatic rings. The maximum absolute atomic E-state index is 12.4. The third-order valence-corrected chi connectivity index (χ3v) is 4.30. The number of carbonyl (C=O) groups excluding carboxylic acids is 1. The Labute approximate surface area is 119 Å². The molecule has 2 aliphatic rings. The third kappa shape index (κ3) is 2.30. The number of amides is 1. The highest BCUT2D eigenvalue weighted by Gasteiger charge is 2.45. The Morgan fingerprint density at radius 2 is 2.00 bits per heavy atom. The molecule has 3 rings (SSSR count). The fourth-order valence-electron chi connectivity index (χ4n) is 3.05. The molecule has 0 radical (unpaired) electrons. The predicted octanol–water partition coefficient (Wildman–Crippen LogP) is 2.07. The van der Waals surface area contributed by atoms with E-state index in [-0.39, 0.29) is 11.4 Å². The molecular weight excluding hydrogens is 250 g/mol. The zero-order valence-corrected chi connectivity index (χ0v) is 11.9. The van der Waals surface area contributed by atoms with Crippen molar-refractivity contribution in [2.45, 2.75) is 31.2 Å². The van der Waals surface area contributed by atoms with Crippen LogP contribution >= 0.6 is 0 Å². The van der Waals surface area contributed by atoms with Gasteiger partial charge in [-0.05, 0) is 37.8 Å². The largest absolute Gasteiger partial charge is 0.361 e. The first-order chi connectivity index (χ1) is 9.71. The number of hydrogen-bond donors (Lipinski definition) is 1. The van der Waals surface area contributed by atoms with Crippen molar-refractivity contribution in [3.8, 4) is 0 Å². The van der Waals surface area contributed by atoms with Crippen LogP contribution in [-0.2, 0) is 0 Å². The van der Waals surface area contributed by atoms with Gasteiger partial charge in [0.1, 0.15) is 5.84 Å². The molecule has 1 heterocycles. The summed E-state index contributed by atoms with van der Waals surface area (Å²) in [6, 6.07) is 9.43. The zero-order chi connectivity index (χ0) is 14.0. The Morgan fingerprint density at radius 3 is 2.60 bits per heavy atom. The first-order valence-electron chi connectivity index (χ1n) is 7.35. The molecule has 0 aromatic heterocycles. The third-order valence-electron chi connectivity index (χ3n) is 4.30. The van der Waals surface area contributed by atoms with Crippen molar-refractivity contribution in [3.63, 3.8) is 0 Å². The molecule has 1 fully saturated rings. The number of nitrogens with zero attached hydrogens (tertiary/aromatic N) is 2. The van der Waals surface area contributed by atoms with Crippen LogP contribution in [0.2, 0.25) is 0 Å². The summed E-state index contributed by atoms with van der Waals surface area (Å²) in [4.78, 5) is 19.3. The molecule has 0 spiro atoms. The summed E-state index contributed by atoms with van der Waals surface area (Å²) in [6.07, 6.45) is 4.24. The molecule has 1 N–H and O–H groups in total. The molecule has 4 nitrogen and oxygen atoms in total. The van der Waals surface area contributed by atoms with Crippen LogP contribution in [0.15, 0.2) is 35.3 Å². The van der Waals surface area contributed by atoms with E-state index in [1.165, 1.54) is 0 Å². The second-order valence-corrected chi connectivity index (χ2v) is 5.74. The van der Waals surface area contributed by atoms with Gasteiger partial charge in [-0.25, -0.2) is 0 Å². The first kappa shape index (κ1) is 13.2. The van der Waals surface area contributed by atoms with Crippen LogP contribution in [0.3, 0.4) is 0 Å². The summed E-state index contributed by atoms with van der Waals surface area (Å²) in [7, 11) is 2.08. The Balaban J connectivity index is 1.80. The summed E-state index contributed by atoms with van der Waals surface area (Å²) in [6.45, 7) is 1.91. The molecule has 0 saturated heterocycles. The number of hydrogen-bond acceptors (Lipinski definition) is 3. The van der Waals surface area contributed by atoms with E-state index in [0.717, 1.165) is 50.2 Å². The minimum absolute atomic E-state index is 0.00646. The molecule has 4 heteroatoms. The van der Waals surface area contributed by atoms with Gasteiger partial charge < -0.3 is 10.2 Å². The molecule has 1 aliphatic carbocycles. The van der Waals surface area contributed by atoms with Gasteiger partial charge in [-0.15, -0.1) is 0 Å². The van der Waals surface area contributed by atoms with Gasteiger partial charge in [0, 0.05) is 25.7 Å². The standard InChI is InChI=1S/C16H21N3O/c1-19-12-6-11-17-15(19)16(9-5-10-16)18-14(20)13-7-3-2-4-8-13/h2-4,7-8H,5-6,9-12H2,1H3,(H,18,20). The second kappa shape index (κ2) is 5.27. The van der Waals surface area contributed by atoms with E-state index in [0.29, 0.717) is 0 Å². The van der Waals surface area contributed by atoms with Gasteiger partial charge >= 0.3 is 0 Å². The first-order valence-corrected chi connectivity index (χ1v) is 7.35. The van der Waals surface area contributed by atoms with Gasteiger partial charge in [0.05, 0.1) is 5.54 Å². The van der Waals surface area contributed by atoms with Gasteiger partial charge in [-0.1, -0.05) is 18.2 Å². The lowest BCUT2D eigenvalue weighted by molar-refractivity contribution is 0.0879. The lowest BCUT2D eigenvalue weighted by atomic mass is 9.74. The summed E-state index contributed by atoms with van der Waals surface area (Å²) in [5.41, 5.74) is 0.486. The van der Waals surface area contributed by atoms with Gasteiger partial charge in [0.15, 0.2) is 0 Å². The fourth-order valence-corrected chi connectivity index (χ4v) is 3.05. The van der Waals surface area contributed by atoms with Crippen molar-refractivity contribution in [2.75, 3.05) is 20.1 Å². The number of carbonyl (C=O) groups is 1. The summed E-state index contributed by atoms with van der Waals surface area (Å²) < 4.78 is 0.